The largest absolute Gasteiger partial charge is 0.348 e. The molecule has 1 aliphatic rings. The summed E-state index contributed by atoms with van der Waals surface area (Å²) in [5.74, 6) is -0.666. The Labute approximate surface area is 133 Å². The third-order valence-electron chi connectivity index (χ3n) is 3.98. The molecule has 0 spiro atoms. The van der Waals surface area contributed by atoms with Gasteiger partial charge in [0.05, 0.1) is 6.04 Å². The lowest BCUT2D eigenvalue weighted by Crippen LogP contribution is -2.38. The summed E-state index contributed by atoms with van der Waals surface area (Å²) in [6.45, 7) is 2.29. The van der Waals surface area contributed by atoms with Gasteiger partial charge in [0.25, 0.3) is 5.91 Å². The van der Waals surface area contributed by atoms with E-state index in [1.807, 2.05) is 25.1 Å². The standard InChI is InChI=1S/C18H17FN2O2/c1-12(13-6-8-15(19)9-7-13)20-17(22)11-21-10-14-4-2-3-5-16(14)18(21)23/h2-9,12H,10-11H2,1H3,(H,20,22)/t12-/m0/s1. The molecule has 0 saturated heterocycles. The highest BCUT2D eigenvalue weighted by Crippen LogP contribution is 2.22. The number of nitrogens with zero attached hydrogens (tertiary/aromatic N) is 1. The Bertz CT molecular complexity index is 743. The van der Waals surface area contributed by atoms with E-state index in [4.69, 9.17) is 0 Å². The van der Waals surface area contributed by atoms with Crippen molar-refractivity contribution >= 4 is 11.8 Å². The Morgan fingerprint density at radius 3 is 2.61 bits per heavy atom. The molecule has 0 fully saturated rings. The monoisotopic (exact) mass is 312 g/mol. The normalized spacial score (nSPS) is 14.5. The van der Waals surface area contributed by atoms with Crippen molar-refractivity contribution in [1.29, 1.82) is 0 Å². The molecule has 0 aliphatic carbocycles. The summed E-state index contributed by atoms with van der Waals surface area (Å²) in [5.41, 5.74) is 2.42. The lowest BCUT2D eigenvalue weighted by Gasteiger charge is -2.18. The predicted molar refractivity (Wildman–Crippen MR) is 84.1 cm³/mol. The molecule has 2 amide bonds. The first-order valence-electron chi connectivity index (χ1n) is 7.46. The van der Waals surface area contributed by atoms with Crippen molar-refractivity contribution in [2.75, 3.05) is 6.54 Å². The first-order valence-corrected chi connectivity index (χ1v) is 7.46. The van der Waals surface area contributed by atoms with Crippen LogP contribution in [0.5, 0.6) is 0 Å². The molecular formula is C18H17FN2O2. The van der Waals surface area contributed by atoms with Crippen LogP contribution in [0.1, 0.15) is 34.5 Å². The molecular weight excluding hydrogens is 295 g/mol. The van der Waals surface area contributed by atoms with Crippen LogP contribution in [0.3, 0.4) is 0 Å². The number of halogens is 1. The van der Waals surface area contributed by atoms with Crippen molar-refractivity contribution < 1.29 is 14.0 Å². The van der Waals surface area contributed by atoms with E-state index in [1.54, 1.807) is 18.2 Å². The number of nitrogens with one attached hydrogen (secondary N) is 1. The van der Waals surface area contributed by atoms with Crippen molar-refractivity contribution in [2.24, 2.45) is 0 Å². The second-order valence-electron chi connectivity index (χ2n) is 5.66. The highest BCUT2D eigenvalue weighted by atomic mass is 19.1. The van der Waals surface area contributed by atoms with E-state index >= 15 is 0 Å². The first-order chi connectivity index (χ1) is 11.0. The van der Waals surface area contributed by atoms with E-state index in [-0.39, 0.29) is 30.2 Å². The van der Waals surface area contributed by atoms with E-state index in [9.17, 15) is 14.0 Å². The summed E-state index contributed by atoms with van der Waals surface area (Å²) in [4.78, 5) is 25.9. The number of amides is 2. The highest BCUT2D eigenvalue weighted by Gasteiger charge is 2.28. The molecule has 1 heterocycles. The Hall–Kier alpha value is -2.69. The van der Waals surface area contributed by atoms with Gasteiger partial charge in [-0.2, -0.15) is 0 Å². The summed E-state index contributed by atoms with van der Waals surface area (Å²) >= 11 is 0. The number of carbonyl (C=O) groups excluding carboxylic acids is 2. The Morgan fingerprint density at radius 1 is 1.22 bits per heavy atom. The van der Waals surface area contributed by atoms with Gasteiger partial charge in [0.2, 0.25) is 5.91 Å². The summed E-state index contributed by atoms with van der Waals surface area (Å²) in [7, 11) is 0. The molecule has 23 heavy (non-hydrogen) atoms. The lowest BCUT2D eigenvalue weighted by molar-refractivity contribution is -0.122. The van der Waals surface area contributed by atoms with Gasteiger partial charge >= 0.3 is 0 Å². The maximum absolute atomic E-state index is 12.9. The van der Waals surface area contributed by atoms with Crippen LogP contribution in [0.15, 0.2) is 48.5 Å². The van der Waals surface area contributed by atoms with Gasteiger partial charge in [-0.1, -0.05) is 30.3 Å². The molecule has 2 aromatic rings. The zero-order valence-electron chi connectivity index (χ0n) is 12.8. The number of fused-ring (bicyclic) bond motifs is 1. The SMILES string of the molecule is C[C@H](NC(=O)CN1Cc2ccccc2C1=O)c1ccc(F)cc1. The minimum absolute atomic E-state index is 0.0129. The molecule has 3 rings (SSSR count). The zero-order chi connectivity index (χ0) is 16.4. The average molecular weight is 312 g/mol. The molecule has 0 saturated carbocycles. The van der Waals surface area contributed by atoms with Crippen LogP contribution < -0.4 is 5.32 Å². The zero-order valence-corrected chi connectivity index (χ0v) is 12.8. The summed E-state index contributed by atoms with van der Waals surface area (Å²) in [6.07, 6.45) is 0. The molecule has 0 unspecified atom stereocenters. The molecule has 5 heteroatoms. The topological polar surface area (TPSA) is 49.4 Å². The van der Waals surface area contributed by atoms with Crippen LogP contribution in [0.25, 0.3) is 0 Å². The van der Waals surface area contributed by atoms with Gasteiger partial charge in [-0.25, -0.2) is 4.39 Å². The van der Waals surface area contributed by atoms with Crippen LogP contribution in [0.4, 0.5) is 4.39 Å². The van der Waals surface area contributed by atoms with Crippen molar-refractivity contribution in [3.8, 4) is 0 Å². The van der Waals surface area contributed by atoms with Gasteiger partial charge in [0.1, 0.15) is 12.4 Å². The summed E-state index contributed by atoms with van der Waals surface area (Å²) in [6, 6.07) is 13.1. The lowest BCUT2D eigenvalue weighted by atomic mass is 10.1. The van der Waals surface area contributed by atoms with Gasteiger partial charge < -0.3 is 10.2 Å². The first kappa shape index (κ1) is 15.2. The van der Waals surface area contributed by atoms with E-state index < -0.39 is 0 Å². The second-order valence-corrected chi connectivity index (χ2v) is 5.66. The van der Waals surface area contributed by atoms with Crippen LogP contribution in [-0.2, 0) is 11.3 Å². The Morgan fingerprint density at radius 2 is 1.91 bits per heavy atom. The smallest absolute Gasteiger partial charge is 0.254 e. The molecule has 0 radical (unpaired) electrons. The molecule has 2 aromatic carbocycles. The Balaban J connectivity index is 1.60. The minimum atomic E-state index is -0.312. The molecule has 0 bridgehead atoms. The number of rotatable bonds is 4. The van der Waals surface area contributed by atoms with E-state index in [0.717, 1.165) is 11.1 Å². The van der Waals surface area contributed by atoms with Gasteiger partial charge in [-0.05, 0) is 36.2 Å². The van der Waals surface area contributed by atoms with Crippen LogP contribution in [-0.4, -0.2) is 23.3 Å². The second kappa shape index (κ2) is 6.20. The Kier molecular flexibility index (Phi) is 4.10. The third-order valence-corrected chi connectivity index (χ3v) is 3.98. The predicted octanol–water partition coefficient (Wildman–Crippen LogP) is 2.66. The fourth-order valence-corrected chi connectivity index (χ4v) is 2.74. The number of benzene rings is 2. The number of hydrogen-bond donors (Lipinski definition) is 1. The van der Waals surface area contributed by atoms with Gasteiger partial charge in [0, 0.05) is 12.1 Å². The molecule has 1 aliphatic heterocycles. The van der Waals surface area contributed by atoms with Crippen molar-refractivity contribution in [2.45, 2.75) is 19.5 Å². The van der Waals surface area contributed by atoms with Crippen LogP contribution in [0, 0.1) is 5.82 Å². The van der Waals surface area contributed by atoms with Gasteiger partial charge in [-0.15, -0.1) is 0 Å². The van der Waals surface area contributed by atoms with Crippen LogP contribution in [0.2, 0.25) is 0 Å². The molecule has 118 valence electrons. The number of hydrogen-bond acceptors (Lipinski definition) is 2. The van der Waals surface area contributed by atoms with Gasteiger partial charge in [0.15, 0.2) is 0 Å². The maximum Gasteiger partial charge on any atom is 0.254 e. The van der Waals surface area contributed by atoms with E-state index in [2.05, 4.69) is 5.32 Å². The summed E-state index contributed by atoms with van der Waals surface area (Å²) in [5, 5.41) is 2.83. The molecule has 1 N–H and O–H groups in total. The number of carbonyl (C=O) groups is 2. The van der Waals surface area contributed by atoms with Crippen molar-refractivity contribution in [3.05, 3.63) is 71.0 Å². The highest BCUT2D eigenvalue weighted by molar-refractivity contribution is 6.00. The molecule has 0 aromatic heterocycles. The maximum atomic E-state index is 12.9. The summed E-state index contributed by atoms with van der Waals surface area (Å²) < 4.78 is 12.9. The van der Waals surface area contributed by atoms with E-state index in [1.165, 1.54) is 17.0 Å². The third kappa shape index (κ3) is 3.23. The average Bonchev–Trinajstić information content (AvgIpc) is 2.84. The molecule has 1 atom stereocenters. The minimum Gasteiger partial charge on any atom is -0.348 e. The quantitative estimate of drug-likeness (QED) is 0.943. The fourth-order valence-electron chi connectivity index (χ4n) is 2.74. The van der Waals surface area contributed by atoms with Crippen molar-refractivity contribution in [3.63, 3.8) is 0 Å². The molecule has 4 nitrogen and oxygen atoms in total. The van der Waals surface area contributed by atoms with Gasteiger partial charge in [-0.3, -0.25) is 9.59 Å². The van der Waals surface area contributed by atoms with E-state index in [0.29, 0.717) is 12.1 Å². The van der Waals surface area contributed by atoms with Crippen molar-refractivity contribution in [1.82, 2.24) is 10.2 Å². The fraction of sp³-hybridized carbons (Fsp3) is 0.222. The van der Waals surface area contributed by atoms with Crippen LogP contribution >= 0.6 is 0 Å².